The topological polar surface area (TPSA) is 38.2 Å². The Kier molecular flexibility index (Phi) is 4.69. The number of ether oxygens (including phenoxy) is 1. The van der Waals surface area contributed by atoms with Crippen molar-refractivity contribution in [3.8, 4) is 0 Å². The van der Waals surface area contributed by atoms with Crippen LogP contribution in [0.3, 0.4) is 0 Å². The summed E-state index contributed by atoms with van der Waals surface area (Å²) in [5.41, 5.74) is 2.03. The van der Waals surface area contributed by atoms with Crippen LogP contribution in [0.4, 0.5) is 19.0 Å². The third kappa shape index (κ3) is 3.76. The Bertz CT molecular complexity index is 759. The number of alkyl halides is 3. The van der Waals surface area contributed by atoms with E-state index in [1.807, 2.05) is 20.8 Å². The molecular weight excluding hydrogens is 331 g/mol. The standard InChI is InChI=1S/C18H20F3N3O/c1-11-12(2)22-13(3)23-17(11)24-8-9-25-16(10-24)14-4-6-15(7-5-14)18(19,20)21/h4-7,16H,8-10H2,1-3H3. The first-order valence-corrected chi connectivity index (χ1v) is 8.11. The van der Waals surface area contributed by atoms with Crippen molar-refractivity contribution in [3.05, 3.63) is 52.5 Å². The summed E-state index contributed by atoms with van der Waals surface area (Å²) in [7, 11) is 0. The van der Waals surface area contributed by atoms with E-state index in [2.05, 4.69) is 14.9 Å². The van der Waals surface area contributed by atoms with Crippen LogP contribution in [0.2, 0.25) is 0 Å². The third-order valence-electron chi connectivity index (χ3n) is 4.45. The molecule has 1 saturated heterocycles. The minimum atomic E-state index is -4.33. The summed E-state index contributed by atoms with van der Waals surface area (Å²) in [6.45, 7) is 7.50. The number of hydrogen-bond donors (Lipinski definition) is 0. The van der Waals surface area contributed by atoms with Crippen LogP contribution < -0.4 is 4.90 Å². The second-order valence-electron chi connectivity index (χ2n) is 6.23. The van der Waals surface area contributed by atoms with Gasteiger partial charge >= 0.3 is 6.18 Å². The number of morpholine rings is 1. The summed E-state index contributed by atoms with van der Waals surface area (Å²) in [6.07, 6.45) is -4.61. The van der Waals surface area contributed by atoms with Gasteiger partial charge in [-0.3, -0.25) is 0 Å². The smallest absolute Gasteiger partial charge is 0.370 e. The maximum Gasteiger partial charge on any atom is 0.416 e. The van der Waals surface area contributed by atoms with Gasteiger partial charge in [-0.15, -0.1) is 0 Å². The molecule has 1 atom stereocenters. The molecule has 1 unspecified atom stereocenters. The van der Waals surface area contributed by atoms with Crippen LogP contribution in [0.1, 0.15) is 34.3 Å². The molecule has 0 aliphatic carbocycles. The number of benzene rings is 1. The largest absolute Gasteiger partial charge is 0.416 e. The zero-order chi connectivity index (χ0) is 18.2. The van der Waals surface area contributed by atoms with Gasteiger partial charge in [-0.2, -0.15) is 13.2 Å². The number of aryl methyl sites for hydroxylation is 2. The molecule has 0 saturated carbocycles. The van der Waals surface area contributed by atoms with Crippen LogP contribution >= 0.6 is 0 Å². The van der Waals surface area contributed by atoms with Crippen molar-refractivity contribution in [2.75, 3.05) is 24.6 Å². The highest BCUT2D eigenvalue weighted by Crippen LogP contribution is 2.32. The lowest BCUT2D eigenvalue weighted by atomic mass is 10.0. The molecular formula is C18H20F3N3O. The minimum absolute atomic E-state index is 0.286. The highest BCUT2D eigenvalue weighted by Gasteiger charge is 2.31. The Hall–Kier alpha value is -2.15. The molecule has 1 aliphatic rings. The van der Waals surface area contributed by atoms with E-state index in [9.17, 15) is 13.2 Å². The number of hydrogen-bond acceptors (Lipinski definition) is 4. The second-order valence-corrected chi connectivity index (χ2v) is 6.23. The molecule has 1 aromatic heterocycles. The molecule has 7 heteroatoms. The molecule has 1 aliphatic heterocycles. The molecule has 3 rings (SSSR count). The lowest BCUT2D eigenvalue weighted by Gasteiger charge is -2.35. The molecule has 0 radical (unpaired) electrons. The lowest BCUT2D eigenvalue weighted by Crippen LogP contribution is -2.39. The van der Waals surface area contributed by atoms with Crippen molar-refractivity contribution in [2.24, 2.45) is 0 Å². The number of halogens is 3. The van der Waals surface area contributed by atoms with Crippen molar-refractivity contribution in [1.82, 2.24) is 9.97 Å². The van der Waals surface area contributed by atoms with Gasteiger partial charge in [-0.25, -0.2) is 9.97 Å². The maximum absolute atomic E-state index is 12.7. The summed E-state index contributed by atoms with van der Waals surface area (Å²) >= 11 is 0. The molecule has 0 spiro atoms. The predicted octanol–water partition coefficient (Wildman–Crippen LogP) is 4.00. The van der Waals surface area contributed by atoms with Crippen molar-refractivity contribution in [1.29, 1.82) is 0 Å². The van der Waals surface area contributed by atoms with Gasteiger partial charge in [0.2, 0.25) is 0 Å². The minimum Gasteiger partial charge on any atom is -0.370 e. The van der Waals surface area contributed by atoms with Crippen molar-refractivity contribution >= 4 is 5.82 Å². The number of aromatic nitrogens is 2. The van der Waals surface area contributed by atoms with Gasteiger partial charge in [0.1, 0.15) is 17.7 Å². The first-order chi connectivity index (χ1) is 11.8. The van der Waals surface area contributed by atoms with E-state index in [0.717, 1.165) is 34.8 Å². The molecule has 0 amide bonds. The van der Waals surface area contributed by atoms with Crippen molar-refractivity contribution in [3.63, 3.8) is 0 Å². The molecule has 1 fully saturated rings. The molecule has 4 nitrogen and oxygen atoms in total. The van der Waals surface area contributed by atoms with Crippen LogP contribution in [0.15, 0.2) is 24.3 Å². The fourth-order valence-electron chi connectivity index (χ4n) is 2.99. The maximum atomic E-state index is 12.7. The van der Waals surface area contributed by atoms with Gasteiger partial charge in [-0.05, 0) is 38.5 Å². The van der Waals surface area contributed by atoms with Gasteiger partial charge in [0.05, 0.1) is 12.2 Å². The zero-order valence-corrected chi connectivity index (χ0v) is 14.4. The highest BCUT2D eigenvalue weighted by atomic mass is 19.4. The fourth-order valence-corrected chi connectivity index (χ4v) is 2.99. The van der Waals surface area contributed by atoms with Gasteiger partial charge < -0.3 is 9.64 Å². The fraction of sp³-hybridized carbons (Fsp3) is 0.444. The average molecular weight is 351 g/mol. The first-order valence-electron chi connectivity index (χ1n) is 8.11. The van der Waals surface area contributed by atoms with E-state index in [1.165, 1.54) is 12.1 Å². The third-order valence-corrected chi connectivity index (χ3v) is 4.45. The highest BCUT2D eigenvalue weighted by molar-refractivity contribution is 5.49. The SMILES string of the molecule is Cc1nc(C)c(C)c(N2CCOC(c3ccc(C(F)(F)F)cc3)C2)n1. The van der Waals surface area contributed by atoms with Crippen LogP contribution in [-0.2, 0) is 10.9 Å². The molecule has 134 valence electrons. The summed E-state index contributed by atoms with van der Waals surface area (Å²) in [4.78, 5) is 11.0. The molecule has 2 heterocycles. The van der Waals surface area contributed by atoms with Crippen LogP contribution in [0, 0.1) is 20.8 Å². The van der Waals surface area contributed by atoms with E-state index >= 15 is 0 Å². The molecule has 0 bridgehead atoms. The average Bonchev–Trinajstić information content (AvgIpc) is 2.57. The molecule has 25 heavy (non-hydrogen) atoms. The van der Waals surface area contributed by atoms with Gasteiger partial charge in [-0.1, -0.05) is 12.1 Å². The van der Waals surface area contributed by atoms with Crippen molar-refractivity contribution < 1.29 is 17.9 Å². The lowest BCUT2D eigenvalue weighted by molar-refractivity contribution is -0.137. The van der Waals surface area contributed by atoms with Crippen molar-refractivity contribution in [2.45, 2.75) is 33.1 Å². The van der Waals surface area contributed by atoms with E-state index < -0.39 is 11.7 Å². The zero-order valence-electron chi connectivity index (χ0n) is 14.4. The monoisotopic (exact) mass is 351 g/mol. The van der Waals surface area contributed by atoms with Gasteiger partial charge in [0.25, 0.3) is 0 Å². The molecule has 0 N–H and O–H groups in total. The van der Waals surface area contributed by atoms with E-state index in [0.29, 0.717) is 25.5 Å². The number of nitrogens with zero attached hydrogens (tertiary/aromatic N) is 3. The van der Waals surface area contributed by atoms with Crippen LogP contribution in [-0.4, -0.2) is 29.7 Å². The summed E-state index contributed by atoms with van der Waals surface area (Å²) in [5.74, 6) is 1.57. The first kappa shape index (κ1) is 17.7. The summed E-state index contributed by atoms with van der Waals surface area (Å²) < 4.78 is 43.9. The Labute approximate surface area is 144 Å². The summed E-state index contributed by atoms with van der Waals surface area (Å²) in [6, 6.07) is 5.17. The van der Waals surface area contributed by atoms with Gasteiger partial charge in [0, 0.05) is 24.3 Å². The van der Waals surface area contributed by atoms with Gasteiger partial charge in [0.15, 0.2) is 0 Å². The Morgan fingerprint density at radius 1 is 1.08 bits per heavy atom. The molecule has 2 aromatic rings. The Morgan fingerprint density at radius 2 is 1.76 bits per heavy atom. The normalized spacial score (nSPS) is 18.5. The molecule has 1 aromatic carbocycles. The quantitative estimate of drug-likeness (QED) is 0.820. The second kappa shape index (κ2) is 6.63. The summed E-state index contributed by atoms with van der Waals surface area (Å²) in [5, 5.41) is 0. The van der Waals surface area contributed by atoms with Crippen LogP contribution in [0.5, 0.6) is 0 Å². The number of anilines is 1. The predicted molar refractivity (Wildman–Crippen MR) is 88.6 cm³/mol. The van der Waals surface area contributed by atoms with E-state index in [4.69, 9.17) is 4.74 Å². The Morgan fingerprint density at radius 3 is 2.40 bits per heavy atom. The van der Waals surface area contributed by atoms with E-state index in [1.54, 1.807) is 0 Å². The van der Waals surface area contributed by atoms with E-state index in [-0.39, 0.29) is 6.10 Å². The number of rotatable bonds is 2. The Balaban J connectivity index is 1.82. The van der Waals surface area contributed by atoms with Crippen LogP contribution in [0.25, 0.3) is 0 Å².